The molecule has 11 nitrogen and oxygen atoms in total. The highest BCUT2D eigenvalue weighted by molar-refractivity contribution is 7.20. The van der Waals surface area contributed by atoms with Crippen LogP contribution in [0.2, 0.25) is 0 Å². The van der Waals surface area contributed by atoms with Gasteiger partial charge >= 0.3 is 11.7 Å². The topological polar surface area (TPSA) is 142 Å². The monoisotopic (exact) mass is 602 g/mol. The average Bonchev–Trinajstić information content (AvgIpc) is 3.27. The Balaban J connectivity index is 2.39. The van der Waals surface area contributed by atoms with Crippen LogP contribution in [0.5, 0.6) is 5.75 Å². The smallest absolute Gasteiger partial charge is 0.348 e. The van der Waals surface area contributed by atoms with Crippen LogP contribution in [0.25, 0.3) is 10.2 Å². The standard InChI is InChI=1S/C29H35FN4O7S/c1-8-40-26(36)23-17(4)22-24(35)34(29(5,6)27(37)32-16(2)3)28(38)33(25(22)42-23)15-21(41-13-9-12-31)19-14-18(30)10-11-20(19)39-7/h10-11,14,16,21H,8-9,13,15H2,1-7H3,(H,32,37)/t21-/m0/s1. The second kappa shape index (κ2) is 13.3. The third kappa shape index (κ3) is 6.39. The van der Waals surface area contributed by atoms with Gasteiger partial charge in [0.1, 0.15) is 32.9 Å². The number of nitrogens with one attached hydrogen (secondary N) is 1. The van der Waals surface area contributed by atoms with E-state index in [1.807, 2.05) is 6.07 Å². The van der Waals surface area contributed by atoms with Crippen LogP contribution in [0.1, 0.15) is 67.9 Å². The van der Waals surface area contributed by atoms with Gasteiger partial charge in [0.2, 0.25) is 5.91 Å². The molecule has 0 unspecified atom stereocenters. The molecule has 1 aromatic carbocycles. The minimum absolute atomic E-state index is 0.0193. The number of esters is 1. The fraction of sp³-hybridized carbons (Fsp3) is 0.483. The normalized spacial score (nSPS) is 12.3. The van der Waals surface area contributed by atoms with Gasteiger partial charge in [0.25, 0.3) is 5.56 Å². The largest absolute Gasteiger partial charge is 0.496 e. The quantitative estimate of drug-likeness (QED) is 0.244. The predicted octanol–water partition coefficient (Wildman–Crippen LogP) is 3.79. The molecule has 0 spiro atoms. The molecule has 0 aliphatic heterocycles. The molecule has 1 amide bonds. The molecule has 42 heavy (non-hydrogen) atoms. The SMILES string of the molecule is CCOC(=O)c1sc2c(c1C)c(=O)n(C(C)(C)C(=O)NC(C)C)c(=O)n2C[C@H](OCCC#N)c1cc(F)ccc1OC. The summed E-state index contributed by atoms with van der Waals surface area (Å²) in [6.45, 7) is 9.43. The Morgan fingerprint density at radius 3 is 2.52 bits per heavy atom. The van der Waals surface area contributed by atoms with Crippen molar-refractivity contribution in [1.82, 2.24) is 14.5 Å². The van der Waals surface area contributed by atoms with Gasteiger partial charge in [-0.3, -0.25) is 14.2 Å². The van der Waals surface area contributed by atoms with Gasteiger partial charge < -0.3 is 19.5 Å². The number of fused-ring (bicyclic) bond motifs is 1. The van der Waals surface area contributed by atoms with E-state index in [2.05, 4.69) is 5.32 Å². The van der Waals surface area contributed by atoms with Gasteiger partial charge in [-0.2, -0.15) is 5.26 Å². The van der Waals surface area contributed by atoms with Gasteiger partial charge in [-0.15, -0.1) is 11.3 Å². The van der Waals surface area contributed by atoms with E-state index in [0.717, 1.165) is 15.9 Å². The summed E-state index contributed by atoms with van der Waals surface area (Å²) in [6.07, 6.45) is -0.997. The van der Waals surface area contributed by atoms with Crippen molar-refractivity contribution in [3.63, 3.8) is 0 Å². The van der Waals surface area contributed by atoms with Crippen molar-refractivity contribution in [2.24, 2.45) is 0 Å². The lowest BCUT2D eigenvalue weighted by Crippen LogP contribution is -2.56. The van der Waals surface area contributed by atoms with Crippen molar-refractivity contribution in [2.45, 2.75) is 72.2 Å². The van der Waals surface area contributed by atoms with Crippen LogP contribution in [-0.2, 0) is 26.4 Å². The number of aromatic nitrogens is 2. The highest BCUT2D eigenvalue weighted by Crippen LogP contribution is 2.33. The molecule has 226 valence electrons. The molecule has 13 heteroatoms. The zero-order chi connectivity index (χ0) is 31.4. The maximum atomic E-state index is 14.4. The number of halogens is 1. The van der Waals surface area contributed by atoms with E-state index in [4.69, 9.17) is 19.5 Å². The summed E-state index contributed by atoms with van der Waals surface area (Å²) >= 11 is 0.905. The second-order valence-electron chi connectivity index (χ2n) is 10.3. The summed E-state index contributed by atoms with van der Waals surface area (Å²) < 4.78 is 33.1. The Bertz CT molecular complexity index is 1650. The molecule has 0 saturated carbocycles. The zero-order valence-electron chi connectivity index (χ0n) is 24.7. The average molecular weight is 603 g/mol. The molecular formula is C29H35FN4O7S. The van der Waals surface area contributed by atoms with Crippen molar-refractivity contribution in [1.29, 1.82) is 5.26 Å². The van der Waals surface area contributed by atoms with Gasteiger partial charge in [-0.05, 0) is 65.3 Å². The predicted molar refractivity (Wildman–Crippen MR) is 156 cm³/mol. The highest BCUT2D eigenvalue weighted by Gasteiger charge is 2.36. The Kier molecular flexibility index (Phi) is 10.3. The molecule has 2 heterocycles. The number of nitriles is 1. The van der Waals surface area contributed by atoms with E-state index in [1.165, 1.54) is 43.7 Å². The van der Waals surface area contributed by atoms with Crippen LogP contribution in [-0.4, -0.2) is 47.4 Å². The molecule has 0 fully saturated rings. The number of hydrogen-bond acceptors (Lipinski definition) is 9. The highest BCUT2D eigenvalue weighted by atomic mass is 32.1. The lowest BCUT2D eigenvalue weighted by atomic mass is 10.0. The fourth-order valence-corrected chi connectivity index (χ4v) is 5.74. The van der Waals surface area contributed by atoms with Crippen molar-refractivity contribution < 1.29 is 28.2 Å². The summed E-state index contributed by atoms with van der Waals surface area (Å²) in [5, 5.41) is 11.9. The lowest BCUT2D eigenvalue weighted by Gasteiger charge is -2.28. The number of aryl methyl sites for hydroxylation is 1. The first-order chi connectivity index (χ1) is 19.8. The minimum Gasteiger partial charge on any atom is -0.496 e. The molecule has 0 radical (unpaired) electrons. The molecule has 1 N–H and O–H groups in total. The summed E-state index contributed by atoms with van der Waals surface area (Å²) in [7, 11) is 1.40. The van der Waals surface area contributed by atoms with E-state index in [9.17, 15) is 23.6 Å². The fourth-order valence-electron chi connectivity index (χ4n) is 4.54. The molecule has 0 aliphatic carbocycles. The van der Waals surface area contributed by atoms with Gasteiger partial charge in [0.15, 0.2) is 0 Å². The van der Waals surface area contributed by atoms with E-state index in [-0.39, 0.29) is 58.6 Å². The van der Waals surface area contributed by atoms with Crippen molar-refractivity contribution in [2.75, 3.05) is 20.3 Å². The Morgan fingerprint density at radius 1 is 1.24 bits per heavy atom. The molecule has 0 saturated heterocycles. The number of rotatable bonds is 12. The van der Waals surface area contributed by atoms with E-state index < -0.39 is 40.6 Å². The maximum Gasteiger partial charge on any atom is 0.348 e. The number of amides is 1. The molecule has 2 aromatic heterocycles. The zero-order valence-corrected chi connectivity index (χ0v) is 25.5. The number of carbonyl (C=O) groups is 2. The third-order valence-electron chi connectivity index (χ3n) is 6.63. The van der Waals surface area contributed by atoms with Gasteiger partial charge in [0.05, 0.1) is 44.7 Å². The molecule has 1 atom stereocenters. The van der Waals surface area contributed by atoms with Crippen LogP contribution in [0.15, 0.2) is 27.8 Å². The number of benzene rings is 1. The summed E-state index contributed by atoms with van der Waals surface area (Å²) in [5.41, 5.74) is -2.65. The molecule has 3 aromatic rings. The molecule has 3 rings (SSSR count). The van der Waals surface area contributed by atoms with E-state index in [1.54, 1.807) is 27.7 Å². The third-order valence-corrected chi connectivity index (χ3v) is 7.92. The Morgan fingerprint density at radius 2 is 1.93 bits per heavy atom. The van der Waals surface area contributed by atoms with Crippen LogP contribution in [0.4, 0.5) is 4.39 Å². The number of hydrogen-bond donors (Lipinski definition) is 1. The molecule has 0 aliphatic rings. The van der Waals surface area contributed by atoms with Crippen LogP contribution < -0.4 is 21.3 Å². The van der Waals surface area contributed by atoms with Crippen LogP contribution in [0.3, 0.4) is 0 Å². The summed E-state index contributed by atoms with van der Waals surface area (Å²) in [6, 6.07) is 5.55. The molecule has 0 bridgehead atoms. The van der Waals surface area contributed by atoms with Gasteiger partial charge in [0, 0.05) is 11.6 Å². The molecular weight excluding hydrogens is 567 g/mol. The number of carbonyl (C=O) groups excluding carboxylic acids is 2. The van der Waals surface area contributed by atoms with Crippen LogP contribution in [0, 0.1) is 24.1 Å². The number of nitrogens with zero attached hydrogens (tertiary/aromatic N) is 3. The number of methoxy groups -OCH3 is 1. The number of ether oxygens (including phenoxy) is 3. The summed E-state index contributed by atoms with van der Waals surface area (Å²) in [5.74, 6) is -1.52. The summed E-state index contributed by atoms with van der Waals surface area (Å²) in [4.78, 5) is 54.5. The first-order valence-corrected chi connectivity index (χ1v) is 14.2. The Labute approximate surface area is 246 Å². The first kappa shape index (κ1) is 32.5. The van der Waals surface area contributed by atoms with E-state index >= 15 is 0 Å². The number of thiophene rings is 1. The Hall–Kier alpha value is -4.02. The second-order valence-corrected chi connectivity index (χ2v) is 11.3. The van der Waals surface area contributed by atoms with Gasteiger partial charge in [-0.1, -0.05) is 0 Å². The first-order valence-electron chi connectivity index (χ1n) is 13.4. The van der Waals surface area contributed by atoms with Crippen LogP contribution >= 0.6 is 11.3 Å². The van der Waals surface area contributed by atoms with Crippen molar-refractivity contribution in [3.05, 3.63) is 60.9 Å². The minimum atomic E-state index is -1.64. The van der Waals surface area contributed by atoms with Crippen molar-refractivity contribution >= 4 is 33.4 Å². The van der Waals surface area contributed by atoms with Gasteiger partial charge in [-0.25, -0.2) is 18.5 Å². The van der Waals surface area contributed by atoms with E-state index in [0.29, 0.717) is 5.56 Å². The maximum absolute atomic E-state index is 14.4. The van der Waals surface area contributed by atoms with Crippen molar-refractivity contribution in [3.8, 4) is 11.8 Å². The lowest BCUT2D eigenvalue weighted by molar-refractivity contribution is -0.129.